The second-order valence-electron chi connectivity index (χ2n) is 4.71. The number of nitrogens with one attached hydrogen (secondary N) is 1. The molecule has 0 heterocycles. The van der Waals surface area contributed by atoms with Crippen LogP contribution in [0.5, 0.6) is 0 Å². The molecule has 0 bridgehead atoms. The van der Waals surface area contributed by atoms with Gasteiger partial charge in [-0.3, -0.25) is 9.59 Å². The number of carbonyl (C=O) groups is 2. The monoisotopic (exact) mass is 268 g/mol. The lowest BCUT2D eigenvalue weighted by Gasteiger charge is -2.08. The average molecular weight is 268 g/mol. The summed E-state index contributed by atoms with van der Waals surface area (Å²) < 4.78 is 0. The van der Waals surface area contributed by atoms with Crippen LogP contribution in [0.1, 0.15) is 31.8 Å². The summed E-state index contributed by atoms with van der Waals surface area (Å²) in [6.45, 7) is 3.88. The van der Waals surface area contributed by atoms with E-state index < -0.39 is 5.91 Å². The number of carbonyl (C=O) groups excluding carboxylic acids is 2. The fraction of sp³-hybridized carbons (Fsp3) is 0.125. The number of rotatable bonds is 3. The van der Waals surface area contributed by atoms with Crippen LogP contribution < -0.4 is 11.1 Å². The molecule has 3 N–H and O–H groups in total. The molecule has 2 aromatic rings. The first kappa shape index (κ1) is 13.8. The van der Waals surface area contributed by atoms with Crippen LogP contribution in [-0.4, -0.2) is 11.8 Å². The first-order valence-corrected chi connectivity index (χ1v) is 6.26. The van der Waals surface area contributed by atoms with Crippen molar-refractivity contribution in [2.75, 3.05) is 5.32 Å². The average Bonchev–Trinajstić information content (AvgIpc) is 2.39. The van der Waals surface area contributed by atoms with Gasteiger partial charge < -0.3 is 11.1 Å². The van der Waals surface area contributed by atoms with E-state index in [2.05, 4.69) is 5.32 Å². The van der Waals surface area contributed by atoms with Gasteiger partial charge in [0.1, 0.15) is 0 Å². The maximum atomic E-state index is 12.2. The van der Waals surface area contributed by atoms with Gasteiger partial charge in [0.2, 0.25) is 5.91 Å². The Morgan fingerprint density at radius 3 is 2.20 bits per heavy atom. The number of aryl methyl sites for hydroxylation is 2. The van der Waals surface area contributed by atoms with E-state index >= 15 is 0 Å². The van der Waals surface area contributed by atoms with Crippen molar-refractivity contribution in [2.45, 2.75) is 13.8 Å². The highest BCUT2D eigenvalue weighted by Gasteiger charge is 2.09. The Kier molecular flexibility index (Phi) is 3.84. The zero-order valence-electron chi connectivity index (χ0n) is 11.4. The Hall–Kier alpha value is -2.62. The normalized spacial score (nSPS) is 10.1. The predicted octanol–water partition coefficient (Wildman–Crippen LogP) is 2.65. The van der Waals surface area contributed by atoms with E-state index in [-0.39, 0.29) is 5.91 Å². The zero-order chi connectivity index (χ0) is 14.7. The van der Waals surface area contributed by atoms with Gasteiger partial charge in [0.15, 0.2) is 0 Å². The lowest BCUT2D eigenvalue weighted by molar-refractivity contribution is 0.0998. The molecule has 0 radical (unpaired) electrons. The van der Waals surface area contributed by atoms with E-state index in [4.69, 9.17) is 5.73 Å². The smallest absolute Gasteiger partial charge is 0.255 e. The van der Waals surface area contributed by atoms with E-state index in [1.54, 1.807) is 30.3 Å². The molecule has 2 amide bonds. The van der Waals surface area contributed by atoms with E-state index in [0.29, 0.717) is 16.8 Å². The van der Waals surface area contributed by atoms with Crippen LogP contribution in [0.2, 0.25) is 0 Å². The molecule has 102 valence electrons. The number of nitrogens with two attached hydrogens (primary N) is 1. The van der Waals surface area contributed by atoms with E-state index in [1.807, 2.05) is 26.0 Å². The standard InChI is InChI=1S/C16H16N2O2/c1-10-3-8-14(11(2)9-10)16(20)18-13-6-4-12(5-7-13)15(17)19/h3-9H,1-2H3,(H2,17,19)(H,18,20). The summed E-state index contributed by atoms with van der Waals surface area (Å²) in [7, 11) is 0. The minimum absolute atomic E-state index is 0.172. The molecule has 4 heteroatoms. The van der Waals surface area contributed by atoms with Gasteiger partial charge in [-0.25, -0.2) is 0 Å². The van der Waals surface area contributed by atoms with Gasteiger partial charge in [0, 0.05) is 16.8 Å². The van der Waals surface area contributed by atoms with Crippen LogP contribution in [0.4, 0.5) is 5.69 Å². The van der Waals surface area contributed by atoms with Gasteiger partial charge >= 0.3 is 0 Å². The molecule has 0 spiro atoms. The lowest BCUT2D eigenvalue weighted by Crippen LogP contribution is -2.14. The van der Waals surface area contributed by atoms with Crippen molar-refractivity contribution in [1.29, 1.82) is 0 Å². The number of anilines is 1. The van der Waals surface area contributed by atoms with Crippen molar-refractivity contribution in [1.82, 2.24) is 0 Å². The summed E-state index contributed by atoms with van der Waals surface area (Å²) in [4.78, 5) is 23.1. The molecule has 0 fully saturated rings. The highest BCUT2D eigenvalue weighted by atomic mass is 16.2. The maximum absolute atomic E-state index is 12.2. The van der Waals surface area contributed by atoms with E-state index in [0.717, 1.165) is 11.1 Å². The van der Waals surface area contributed by atoms with Gasteiger partial charge in [-0.05, 0) is 49.7 Å². The predicted molar refractivity (Wildman–Crippen MR) is 78.8 cm³/mol. The Balaban J connectivity index is 2.17. The Morgan fingerprint density at radius 1 is 1.00 bits per heavy atom. The summed E-state index contributed by atoms with van der Waals surface area (Å²) in [5.41, 5.74) is 8.88. The minimum atomic E-state index is -0.489. The van der Waals surface area contributed by atoms with E-state index in [9.17, 15) is 9.59 Å². The largest absolute Gasteiger partial charge is 0.366 e. The number of primary amides is 1. The summed E-state index contributed by atoms with van der Waals surface area (Å²) in [5.74, 6) is -0.661. The molecule has 4 nitrogen and oxygen atoms in total. The molecule has 2 aromatic carbocycles. The number of hydrogen-bond acceptors (Lipinski definition) is 2. The van der Waals surface area contributed by atoms with Crippen LogP contribution in [0.25, 0.3) is 0 Å². The van der Waals surface area contributed by atoms with E-state index in [1.165, 1.54) is 0 Å². The van der Waals surface area contributed by atoms with Crippen molar-refractivity contribution < 1.29 is 9.59 Å². The second kappa shape index (κ2) is 5.57. The molecule has 0 atom stereocenters. The lowest BCUT2D eigenvalue weighted by atomic mass is 10.1. The summed E-state index contributed by atoms with van der Waals surface area (Å²) in [6.07, 6.45) is 0. The zero-order valence-corrected chi connectivity index (χ0v) is 11.4. The quantitative estimate of drug-likeness (QED) is 0.898. The molecule has 20 heavy (non-hydrogen) atoms. The van der Waals surface area contributed by atoms with Crippen molar-refractivity contribution in [2.24, 2.45) is 5.73 Å². The molecule has 0 aliphatic rings. The Morgan fingerprint density at radius 2 is 1.65 bits per heavy atom. The third kappa shape index (κ3) is 3.03. The topological polar surface area (TPSA) is 72.2 Å². The van der Waals surface area contributed by atoms with Crippen LogP contribution in [-0.2, 0) is 0 Å². The number of amides is 2. The molecule has 0 aliphatic heterocycles. The van der Waals surface area contributed by atoms with Crippen molar-refractivity contribution in [3.8, 4) is 0 Å². The van der Waals surface area contributed by atoms with Crippen LogP contribution in [0.15, 0.2) is 42.5 Å². The fourth-order valence-electron chi connectivity index (χ4n) is 1.98. The maximum Gasteiger partial charge on any atom is 0.255 e. The Bertz CT molecular complexity index is 661. The number of hydrogen-bond donors (Lipinski definition) is 2. The van der Waals surface area contributed by atoms with Gasteiger partial charge in [-0.1, -0.05) is 17.7 Å². The molecule has 2 rings (SSSR count). The highest BCUT2D eigenvalue weighted by Crippen LogP contribution is 2.14. The third-order valence-electron chi connectivity index (χ3n) is 3.05. The third-order valence-corrected chi connectivity index (χ3v) is 3.05. The molecule has 0 unspecified atom stereocenters. The first-order valence-electron chi connectivity index (χ1n) is 6.26. The molecule has 0 saturated carbocycles. The van der Waals surface area contributed by atoms with Crippen LogP contribution in [0, 0.1) is 13.8 Å². The van der Waals surface area contributed by atoms with Crippen molar-refractivity contribution >= 4 is 17.5 Å². The minimum Gasteiger partial charge on any atom is -0.366 e. The van der Waals surface area contributed by atoms with Gasteiger partial charge in [-0.2, -0.15) is 0 Å². The molecular weight excluding hydrogens is 252 g/mol. The molecule has 0 saturated heterocycles. The Labute approximate surface area is 117 Å². The first-order chi connectivity index (χ1) is 9.47. The van der Waals surface area contributed by atoms with Gasteiger partial charge in [0.25, 0.3) is 5.91 Å². The van der Waals surface area contributed by atoms with Crippen LogP contribution >= 0.6 is 0 Å². The number of benzene rings is 2. The summed E-state index contributed by atoms with van der Waals surface area (Å²) >= 11 is 0. The van der Waals surface area contributed by atoms with Crippen molar-refractivity contribution in [3.63, 3.8) is 0 Å². The second-order valence-corrected chi connectivity index (χ2v) is 4.71. The van der Waals surface area contributed by atoms with Gasteiger partial charge in [0.05, 0.1) is 0 Å². The molecule has 0 aromatic heterocycles. The molecule has 0 aliphatic carbocycles. The summed E-state index contributed by atoms with van der Waals surface area (Å²) in [5, 5.41) is 2.79. The summed E-state index contributed by atoms with van der Waals surface area (Å²) in [6, 6.07) is 12.1. The van der Waals surface area contributed by atoms with Crippen LogP contribution in [0.3, 0.4) is 0 Å². The molecular formula is C16H16N2O2. The van der Waals surface area contributed by atoms with Gasteiger partial charge in [-0.15, -0.1) is 0 Å². The SMILES string of the molecule is Cc1ccc(C(=O)Nc2ccc(C(N)=O)cc2)c(C)c1. The van der Waals surface area contributed by atoms with Crippen molar-refractivity contribution in [3.05, 3.63) is 64.7 Å². The highest BCUT2D eigenvalue weighted by molar-refractivity contribution is 6.05. The fourth-order valence-corrected chi connectivity index (χ4v) is 1.98.